The third-order valence-electron chi connectivity index (χ3n) is 4.82. The molecular weight excluding hydrogens is 370 g/mol. The van der Waals surface area contributed by atoms with Crippen LogP contribution in [0.2, 0.25) is 0 Å². The predicted molar refractivity (Wildman–Crippen MR) is 111 cm³/mol. The van der Waals surface area contributed by atoms with Gasteiger partial charge in [-0.1, -0.05) is 18.2 Å². The summed E-state index contributed by atoms with van der Waals surface area (Å²) in [5.41, 5.74) is 1.74. The molecule has 1 fully saturated rings. The molecule has 144 valence electrons. The Morgan fingerprint density at radius 3 is 2.82 bits per heavy atom. The van der Waals surface area contributed by atoms with Gasteiger partial charge in [-0.3, -0.25) is 9.59 Å². The Bertz CT molecular complexity index is 907. The number of benzene rings is 2. The smallest absolute Gasteiger partial charge is 0.255 e. The highest BCUT2D eigenvalue weighted by atomic mass is 32.2. The second kappa shape index (κ2) is 9.43. The topological polar surface area (TPSA) is 73.2 Å². The third kappa shape index (κ3) is 4.93. The molecule has 0 radical (unpaired) electrons. The van der Waals surface area contributed by atoms with Gasteiger partial charge in [-0.05, 0) is 56.5 Å². The second-order valence-electron chi connectivity index (χ2n) is 6.87. The van der Waals surface area contributed by atoms with Crippen molar-refractivity contribution in [2.75, 3.05) is 17.6 Å². The normalized spacial score (nSPS) is 16.3. The quantitative estimate of drug-likeness (QED) is 0.769. The monoisotopic (exact) mass is 393 g/mol. The Morgan fingerprint density at radius 2 is 2.04 bits per heavy atom. The fourth-order valence-corrected chi connectivity index (χ4v) is 4.18. The molecule has 1 unspecified atom stereocenters. The van der Waals surface area contributed by atoms with Crippen molar-refractivity contribution < 1.29 is 9.59 Å². The van der Waals surface area contributed by atoms with Crippen LogP contribution in [0.4, 0.5) is 5.69 Å². The van der Waals surface area contributed by atoms with E-state index in [-0.39, 0.29) is 23.6 Å². The summed E-state index contributed by atoms with van der Waals surface area (Å²) < 4.78 is 0. The van der Waals surface area contributed by atoms with Gasteiger partial charge in [0.25, 0.3) is 5.91 Å². The fraction of sp³-hybridized carbons (Fsp3) is 0.318. The summed E-state index contributed by atoms with van der Waals surface area (Å²) in [6.07, 6.45) is 3.23. The van der Waals surface area contributed by atoms with Crippen LogP contribution in [0, 0.1) is 11.3 Å². The zero-order valence-corrected chi connectivity index (χ0v) is 16.7. The van der Waals surface area contributed by atoms with Gasteiger partial charge in [0.05, 0.1) is 22.9 Å². The molecule has 0 bridgehead atoms. The lowest BCUT2D eigenvalue weighted by molar-refractivity contribution is -0.113. The molecule has 1 aliphatic rings. The predicted octanol–water partition coefficient (Wildman–Crippen LogP) is 4.30. The van der Waals surface area contributed by atoms with Crippen molar-refractivity contribution in [3.63, 3.8) is 0 Å². The standard InChI is InChI=1S/C22H23N3O2S/c1-16-7-4-5-12-25(16)22(27)19-10-2-3-11-20(19)28-15-21(26)24-18-9-6-8-17(13-18)14-23/h2-3,6,8-11,13,16H,4-5,7,12,15H2,1H3,(H,24,26). The van der Waals surface area contributed by atoms with Gasteiger partial charge in [-0.2, -0.15) is 5.26 Å². The van der Waals surface area contributed by atoms with Gasteiger partial charge in [-0.25, -0.2) is 0 Å². The number of anilines is 1. The van der Waals surface area contributed by atoms with Crippen LogP contribution < -0.4 is 5.32 Å². The molecule has 2 amide bonds. The maximum absolute atomic E-state index is 13.0. The van der Waals surface area contributed by atoms with Crippen molar-refractivity contribution in [2.24, 2.45) is 0 Å². The molecule has 1 N–H and O–H groups in total. The second-order valence-corrected chi connectivity index (χ2v) is 7.89. The molecule has 3 rings (SSSR count). The number of amides is 2. The number of likely N-dealkylation sites (tertiary alicyclic amines) is 1. The van der Waals surface area contributed by atoms with E-state index in [4.69, 9.17) is 5.26 Å². The molecule has 28 heavy (non-hydrogen) atoms. The lowest BCUT2D eigenvalue weighted by Crippen LogP contribution is -2.42. The van der Waals surface area contributed by atoms with Crippen molar-refractivity contribution in [3.05, 3.63) is 59.7 Å². The van der Waals surface area contributed by atoms with Crippen LogP contribution in [0.1, 0.15) is 42.1 Å². The van der Waals surface area contributed by atoms with Gasteiger partial charge in [-0.15, -0.1) is 11.8 Å². The summed E-state index contributed by atoms with van der Waals surface area (Å²) in [5, 5.41) is 11.8. The molecule has 2 aromatic carbocycles. The Labute approximate surface area is 169 Å². The molecule has 1 saturated heterocycles. The van der Waals surface area contributed by atoms with E-state index in [0.717, 1.165) is 30.7 Å². The number of piperidine rings is 1. The van der Waals surface area contributed by atoms with Crippen molar-refractivity contribution in [1.82, 2.24) is 4.90 Å². The number of nitrogens with zero attached hydrogens (tertiary/aromatic N) is 2. The molecule has 2 aromatic rings. The molecule has 1 atom stereocenters. The van der Waals surface area contributed by atoms with E-state index in [2.05, 4.69) is 18.3 Å². The number of hydrogen-bond acceptors (Lipinski definition) is 4. The minimum Gasteiger partial charge on any atom is -0.336 e. The first-order valence-corrected chi connectivity index (χ1v) is 10.4. The summed E-state index contributed by atoms with van der Waals surface area (Å²) in [4.78, 5) is 28.1. The summed E-state index contributed by atoms with van der Waals surface area (Å²) >= 11 is 1.35. The highest BCUT2D eigenvalue weighted by Gasteiger charge is 2.25. The van der Waals surface area contributed by atoms with E-state index < -0.39 is 0 Å². The first-order valence-electron chi connectivity index (χ1n) is 9.41. The Hall–Kier alpha value is -2.78. The minimum absolute atomic E-state index is 0.0393. The van der Waals surface area contributed by atoms with Gasteiger partial charge < -0.3 is 10.2 Å². The lowest BCUT2D eigenvalue weighted by atomic mass is 10.0. The van der Waals surface area contributed by atoms with Gasteiger partial charge in [0, 0.05) is 23.2 Å². The number of nitrogens with one attached hydrogen (secondary N) is 1. The zero-order chi connectivity index (χ0) is 19.9. The van der Waals surface area contributed by atoms with E-state index in [1.165, 1.54) is 11.8 Å². The maximum atomic E-state index is 13.0. The zero-order valence-electron chi connectivity index (χ0n) is 15.9. The van der Waals surface area contributed by atoms with Crippen LogP contribution in [-0.2, 0) is 4.79 Å². The van der Waals surface area contributed by atoms with Crippen LogP contribution in [0.25, 0.3) is 0 Å². The summed E-state index contributed by atoms with van der Waals surface area (Å²) in [6.45, 7) is 2.88. The number of carbonyl (C=O) groups excluding carboxylic acids is 2. The fourth-order valence-electron chi connectivity index (χ4n) is 3.33. The van der Waals surface area contributed by atoms with Crippen LogP contribution in [0.15, 0.2) is 53.4 Å². The molecule has 1 heterocycles. The Morgan fingerprint density at radius 1 is 1.21 bits per heavy atom. The van der Waals surface area contributed by atoms with E-state index in [1.807, 2.05) is 29.2 Å². The Balaban J connectivity index is 1.65. The Kier molecular flexibility index (Phi) is 6.72. The molecule has 6 heteroatoms. The van der Waals surface area contributed by atoms with E-state index >= 15 is 0 Å². The molecule has 5 nitrogen and oxygen atoms in total. The molecule has 1 aliphatic heterocycles. The molecule has 0 spiro atoms. The largest absolute Gasteiger partial charge is 0.336 e. The van der Waals surface area contributed by atoms with Gasteiger partial charge >= 0.3 is 0 Å². The van der Waals surface area contributed by atoms with Gasteiger partial charge in [0.15, 0.2) is 0 Å². The molecule has 0 aromatic heterocycles. The summed E-state index contributed by atoms with van der Waals surface area (Å²) in [5.74, 6) is 0.0579. The minimum atomic E-state index is -0.173. The van der Waals surface area contributed by atoms with E-state index in [0.29, 0.717) is 16.8 Å². The SMILES string of the molecule is CC1CCCCN1C(=O)c1ccccc1SCC(=O)Nc1cccc(C#N)c1. The average Bonchev–Trinajstić information content (AvgIpc) is 2.72. The van der Waals surface area contributed by atoms with Crippen molar-refractivity contribution in [2.45, 2.75) is 37.1 Å². The van der Waals surface area contributed by atoms with Crippen LogP contribution in [0.3, 0.4) is 0 Å². The van der Waals surface area contributed by atoms with Crippen LogP contribution >= 0.6 is 11.8 Å². The number of hydrogen-bond donors (Lipinski definition) is 1. The van der Waals surface area contributed by atoms with Gasteiger partial charge in [0.1, 0.15) is 0 Å². The number of thioether (sulfide) groups is 1. The summed E-state index contributed by atoms with van der Waals surface area (Å²) in [6, 6.07) is 16.6. The number of rotatable bonds is 5. The van der Waals surface area contributed by atoms with Crippen molar-refractivity contribution >= 4 is 29.3 Å². The number of nitriles is 1. The third-order valence-corrected chi connectivity index (χ3v) is 5.89. The lowest BCUT2D eigenvalue weighted by Gasteiger charge is -2.33. The highest BCUT2D eigenvalue weighted by molar-refractivity contribution is 8.00. The molecule has 0 saturated carbocycles. The summed E-state index contributed by atoms with van der Waals surface area (Å²) in [7, 11) is 0. The highest BCUT2D eigenvalue weighted by Crippen LogP contribution is 2.27. The van der Waals surface area contributed by atoms with E-state index in [1.54, 1.807) is 24.3 Å². The van der Waals surface area contributed by atoms with Crippen LogP contribution in [-0.4, -0.2) is 35.1 Å². The van der Waals surface area contributed by atoms with Crippen molar-refractivity contribution in [1.29, 1.82) is 5.26 Å². The first-order chi connectivity index (χ1) is 13.6. The molecule has 0 aliphatic carbocycles. The van der Waals surface area contributed by atoms with Crippen molar-refractivity contribution in [3.8, 4) is 6.07 Å². The van der Waals surface area contributed by atoms with Gasteiger partial charge in [0.2, 0.25) is 5.91 Å². The average molecular weight is 394 g/mol. The molecular formula is C22H23N3O2S. The van der Waals surface area contributed by atoms with E-state index in [9.17, 15) is 9.59 Å². The number of carbonyl (C=O) groups is 2. The maximum Gasteiger partial charge on any atom is 0.255 e. The first kappa shape index (κ1) is 20.0. The van der Waals surface area contributed by atoms with Crippen LogP contribution in [0.5, 0.6) is 0 Å².